The van der Waals surface area contributed by atoms with Crippen LogP contribution in [0.5, 0.6) is 0 Å². The van der Waals surface area contributed by atoms with Crippen molar-refractivity contribution in [3.63, 3.8) is 0 Å². The molecule has 0 bridgehead atoms. The normalized spacial score (nSPS) is 16.1. The van der Waals surface area contributed by atoms with E-state index in [1.807, 2.05) is 12.1 Å². The second kappa shape index (κ2) is 12.5. The Morgan fingerprint density at radius 1 is 1.15 bits per heavy atom. The maximum absolute atomic E-state index is 13.2. The van der Waals surface area contributed by atoms with E-state index in [1.165, 1.54) is 17.8 Å². The first-order chi connectivity index (χ1) is 16.0. The molecule has 3 rings (SSSR count). The van der Waals surface area contributed by atoms with E-state index in [9.17, 15) is 22.4 Å². The van der Waals surface area contributed by atoms with Gasteiger partial charge in [-0.05, 0) is 42.2 Å². The van der Waals surface area contributed by atoms with Gasteiger partial charge >= 0.3 is 12.1 Å². The monoisotopic (exact) mass is 487 g/mol. The minimum absolute atomic E-state index is 0.0125. The van der Waals surface area contributed by atoms with Crippen LogP contribution in [-0.4, -0.2) is 71.4 Å². The molecule has 11 heteroatoms. The summed E-state index contributed by atoms with van der Waals surface area (Å²) in [6.07, 6.45) is -2.06. The van der Waals surface area contributed by atoms with Gasteiger partial charge in [0.05, 0.1) is 0 Å². The Morgan fingerprint density at radius 3 is 2.38 bits per heavy atom. The first kappa shape index (κ1) is 27.3. The summed E-state index contributed by atoms with van der Waals surface area (Å²) in [6, 6.07) is 11.0. The van der Waals surface area contributed by atoms with Gasteiger partial charge < -0.3 is 19.3 Å². The van der Waals surface area contributed by atoms with Crippen LogP contribution in [-0.2, 0) is 34.0 Å². The number of carboxylic acids is 1. The number of carboxylic acid groups (broad SMARTS) is 1. The Hall–Kier alpha value is -2.92. The molecule has 34 heavy (non-hydrogen) atoms. The Bertz CT molecular complexity index is 929. The highest BCUT2D eigenvalue weighted by molar-refractivity contribution is 5.76. The van der Waals surface area contributed by atoms with Crippen molar-refractivity contribution in [2.45, 2.75) is 32.2 Å². The highest BCUT2D eigenvalue weighted by Gasteiger charge is 2.38. The molecule has 1 aliphatic heterocycles. The number of fused-ring (bicyclic) bond motifs is 1. The van der Waals surface area contributed by atoms with E-state index in [0.717, 1.165) is 38.2 Å². The van der Waals surface area contributed by atoms with Crippen molar-refractivity contribution in [3.05, 3.63) is 59.7 Å². The largest absolute Gasteiger partial charge is 0.490 e. The van der Waals surface area contributed by atoms with Crippen LogP contribution in [0.1, 0.15) is 17.7 Å². The lowest BCUT2D eigenvalue weighted by atomic mass is 10.1. The number of aromatic nitrogens is 1. The van der Waals surface area contributed by atoms with Crippen LogP contribution in [0.15, 0.2) is 42.6 Å². The molecule has 1 amide bonds. The predicted octanol–water partition coefficient (Wildman–Crippen LogP) is 3.39. The van der Waals surface area contributed by atoms with Gasteiger partial charge in [-0.15, -0.1) is 0 Å². The van der Waals surface area contributed by atoms with Crippen molar-refractivity contribution < 1.29 is 37.0 Å². The van der Waals surface area contributed by atoms with Gasteiger partial charge in [-0.2, -0.15) is 13.2 Å². The molecule has 1 aliphatic rings. The number of benzene rings is 1. The summed E-state index contributed by atoms with van der Waals surface area (Å²) >= 11 is 0. The van der Waals surface area contributed by atoms with Crippen molar-refractivity contribution in [1.29, 1.82) is 0 Å². The minimum Gasteiger partial charge on any atom is -0.475 e. The molecule has 0 spiro atoms. The van der Waals surface area contributed by atoms with Crippen molar-refractivity contribution in [2.24, 2.45) is 5.92 Å². The van der Waals surface area contributed by atoms with E-state index >= 15 is 0 Å². The molecular weight excluding hydrogens is 458 g/mol. The van der Waals surface area contributed by atoms with Gasteiger partial charge in [0.2, 0.25) is 5.91 Å². The average molecular weight is 487 g/mol. The van der Waals surface area contributed by atoms with Gasteiger partial charge in [0.25, 0.3) is 0 Å². The highest BCUT2D eigenvalue weighted by atomic mass is 19.4. The van der Waals surface area contributed by atoms with E-state index in [0.29, 0.717) is 12.5 Å². The number of carbonyl (C=O) groups is 2. The zero-order valence-electron chi connectivity index (χ0n) is 19.1. The molecule has 1 unspecified atom stereocenters. The molecule has 2 aromatic rings. The SMILES string of the molecule is CN(C)C(=O)COCCC1CN(Cc2ccc(F)cc2)Cc2cccn2C1.O=C(O)C(F)(F)F. The van der Waals surface area contributed by atoms with Gasteiger partial charge in [-0.25, -0.2) is 9.18 Å². The zero-order chi connectivity index (χ0) is 25.3. The molecular formula is C23H29F4N3O4. The van der Waals surface area contributed by atoms with Crippen LogP contribution in [0.3, 0.4) is 0 Å². The summed E-state index contributed by atoms with van der Waals surface area (Å²) in [5, 5.41) is 7.12. The predicted molar refractivity (Wildman–Crippen MR) is 116 cm³/mol. The van der Waals surface area contributed by atoms with Gasteiger partial charge in [0.1, 0.15) is 12.4 Å². The van der Waals surface area contributed by atoms with E-state index in [1.54, 1.807) is 19.0 Å². The van der Waals surface area contributed by atoms with Crippen LogP contribution in [0.2, 0.25) is 0 Å². The lowest BCUT2D eigenvalue weighted by Gasteiger charge is -2.24. The zero-order valence-corrected chi connectivity index (χ0v) is 19.1. The number of hydrogen-bond acceptors (Lipinski definition) is 4. The molecule has 0 aliphatic carbocycles. The lowest BCUT2D eigenvalue weighted by Crippen LogP contribution is -2.29. The van der Waals surface area contributed by atoms with Crippen LogP contribution in [0.4, 0.5) is 17.6 Å². The fourth-order valence-electron chi connectivity index (χ4n) is 3.46. The first-order valence-electron chi connectivity index (χ1n) is 10.6. The molecule has 7 nitrogen and oxygen atoms in total. The number of amides is 1. The number of likely N-dealkylation sites (N-methyl/N-ethyl adjacent to an activating group) is 1. The van der Waals surface area contributed by atoms with Crippen molar-refractivity contribution >= 4 is 11.9 Å². The second-order valence-corrected chi connectivity index (χ2v) is 8.25. The van der Waals surface area contributed by atoms with E-state index in [2.05, 4.69) is 27.8 Å². The second-order valence-electron chi connectivity index (χ2n) is 8.25. The first-order valence-corrected chi connectivity index (χ1v) is 10.6. The van der Waals surface area contributed by atoms with Crippen LogP contribution < -0.4 is 0 Å². The van der Waals surface area contributed by atoms with Crippen LogP contribution in [0, 0.1) is 11.7 Å². The Morgan fingerprint density at radius 2 is 1.79 bits per heavy atom. The molecule has 188 valence electrons. The topological polar surface area (TPSA) is 75.0 Å². The summed E-state index contributed by atoms with van der Waals surface area (Å²) in [6.45, 7) is 4.28. The third kappa shape index (κ3) is 9.14. The molecule has 0 saturated heterocycles. The third-order valence-electron chi connectivity index (χ3n) is 5.24. The number of alkyl halides is 3. The lowest BCUT2D eigenvalue weighted by molar-refractivity contribution is -0.192. The summed E-state index contributed by atoms with van der Waals surface area (Å²) in [5.74, 6) is -2.53. The van der Waals surface area contributed by atoms with E-state index in [-0.39, 0.29) is 18.3 Å². The quantitative estimate of drug-likeness (QED) is 0.479. The average Bonchev–Trinajstić information content (AvgIpc) is 3.11. The van der Waals surface area contributed by atoms with Gasteiger partial charge in [0.15, 0.2) is 0 Å². The molecule has 1 aromatic carbocycles. The maximum Gasteiger partial charge on any atom is 0.490 e. The van der Waals surface area contributed by atoms with Gasteiger partial charge in [0, 0.05) is 58.8 Å². The van der Waals surface area contributed by atoms with E-state index < -0.39 is 12.1 Å². The molecule has 0 saturated carbocycles. The number of carbonyl (C=O) groups excluding carboxylic acids is 1. The Kier molecular flexibility index (Phi) is 10.1. The summed E-state index contributed by atoms with van der Waals surface area (Å²) < 4.78 is 52.8. The summed E-state index contributed by atoms with van der Waals surface area (Å²) in [4.78, 5) is 24.5. The van der Waals surface area contributed by atoms with E-state index in [4.69, 9.17) is 14.6 Å². The third-order valence-corrected chi connectivity index (χ3v) is 5.24. The molecule has 0 radical (unpaired) electrons. The standard InChI is InChI=1S/C21H28FN3O2.C2HF3O2/c1-23(2)21(26)16-27-11-9-18-13-24(12-17-5-7-19(22)8-6-17)15-20-4-3-10-25(20)14-18;3-2(4,5)1(6)7/h3-8,10,18H,9,11-16H2,1-2H3;(H,6,7). The number of aliphatic carboxylic acids is 1. The maximum atomic E-state index is 13.2. The number of ether oxygens (including phenoxy) is 1. The number of hydrogen-bond donors (Lipinski definition) is 1. The Balaban J connectivity index is 0.000000509. The molecule has 1 N–H and O–H groups in total. The molecule has 2 heterocycles. The van der Waals surface area contributed by atoms with Crippen molar-refractivity contribution in [2.75, 3.05) is 33.9 Å². The number of nitrogens with zero attached hydrogens (tertiary/aromatic N) is 3. The summed E-state index contributed by atoms with van der Waals surface area (Å²) in [5.41, 5.74) is 2.41. The Labute approximate surface area is 195 Å². The summed E-state index contributed by atoms with van der Waals surface area (Å²) in [7, 11) is 3.47. The van der Waals surface area contributed by atoms with Crippen molar-refractivity contribution in [1.82, 2.24) is 14.4 Å². The number of rotatable bonds is 7. The molecule has 1 aromatic heterocycles. The van der Waals surface area contributed by atoms with Gasteiger partial charge in [-0.3, -0.25) is 9.69 Å². The van der Waals surface area contributed by atoms with Crippen molar-refractivity contribution in [3.8, 4) is 0 Å². The molecule has 1 atom stereocenters. The smallest absolute Gasteiger partial charge is 0.475 e. The fraction of sp³-hybridized carbons (Fsp3) is 0.478. The van der Waals surface area contributed by atoms with Crippen LogP contribution >= 0.6 is 0 Å². The fourth-order valence-corrected chi connectivity index (χ4v) is 3.46. The van der Waals surface area contributed by atoms with Crippen LogP contribution in [0.25, 0.3) is 0 Å². The molecule has 0 fully saturated rings. The minimum atomic E-state index is -5.08. The highest BCUT2D eigenvalue weighted by Crippen LogP contribution is 2.21. The van der Waals surface area contributed by atoms with Gasteiger partial charge in [-0.1, -0.05) is 12.1 Å². The number of halogens is 4.